The number of rotatable bonds is 8. The molecule has 1 fully saturated rings. The summed E-state index contributed by atoms with van der Waals surface area (Å²) >= 11 is 0. The summed E-state index contributed by atoms with van der Waals surface area (Å²) in [4.78, 5) is 34.2. The van der Waals surface area contributed by atoms with Crippen LogP contribution < -0.4 is 0 Å². The van der Waals surface area contributed by atoms with Gasteiger partial charge in [-0.05, 0) is 56.4 Å². The minimum Gasteiger partial charge on any atom is -0.481 e. The molecule has 0 aromatic heterocycles. The third kappa shape index (κ3) is 5.73. The number of carbonyl (C=O) groups is 3. The molecule has 1 N–H and O–H groups in total. The Bertz CT molecular complexity index is 749. The Labute approximate surface area is 179 Å². The molecular weight excluding hydrogens is 384 g/mol. The van der Waals surface area contributed by atoms with Crippen molar-refractivity contribution in [3.8, 4) is 0 Å². The molecule has 0 aromatic rings. The highest BCUT2D eigenvalue weighted by atomic mass is 16.5. The third-order valence-electron chi connectivity index (χ3n) is 7.05. The van der Waals surface area contributed by atoms with Gasteiger partial charge in [-0.15, -0.1) is 0 Å². The van der Waals surface area contributed by atoms with Gasteiger partial charge in [-0.1, -0.05) is 37.0 Å². The standard InChI is InChI=1S/C24H36O6/c1-16(9-12-29-17(2)25)13-19-7-8-21-23(4,15-30-18(3)26)10-6-11-24(21,5)20(19)14-22(27)28/h9,21H,6-8,10-15H2,1-5H3,(H,27,28)/t21-,23+,24+/m1/s1. The molecule has 1 saturated carbocycles. The summed E-state index contributed by atoms with van der Waals surface area (Å²) in [6.07, 6.45) is 7.37. The van der Waals surface area contributed by atoms with Gasteiger partial charge in [0.25, 0.3) is 0 Å². The number of allylic oxidation sites excluding steroid dienone is 2. The highest BCUT2D eigenvalue weighted by Gasteiger charge is 2.53. The predicted molar refractivity (Wildman–Crippen MR) is 114 cm³/mol. The van der Waals surface area contributed by atoms with Crippen LogP contribution in [0.15, 0.2) is 22.8 Å². The molecule has 168 valence electrons. The fourth-order valence-electron chi connectivity index (χ4n) is 5.70. The second-order valence-corrected chi connectivity index (χ2v) is 9.48. The van der Waals surface area contributed by atoms with Crippen LogP contribution >= 0.6 is 0 Å². The Morgan fingerprint density at radius 3 is 2.33 bits per heavy atom. The second-order valence-electron chi connectivity index (χ2n) is 9.48. The van der Waals surface area contributed by atoms with Crippen LogP contribution in [0, 0.1) is 16.7 Å². The average Bonchev–Trinajstić information content (AvgIpc) is 2.62. The summed E-state index contributed by atoms with van der Waals surface area (Å²) < 4.78 is 10.4. The zero-order chi connectivity index (χ0) is 22.5. The molecule has 0 heterocycles. The summed E-state index contributed by atoms with van der Waals surface area (Å²) in [6, 6.07) is 0. The van der Waals surface area contributed by atoms with E-state index < -0.39 is 5.97 Å². The monoisotopic (exact) mass is 420 g/mol. The lowest BCUT2D eigenvalue weighted by atomic mass is 9.49. The number of fused-ring (bicyclic) bond motifs is 1. The number of carboxylic acids is 1. The number of ether oxygens (including phenoxy) is 2. The smallest absolute Gasteiger partial charge is 0.307 e. The van der Waals surface area contributed by atoms with Crippen molar-refractivity contribution >= 4 is 17.9 Å². The van der Waals surface area contributed by atoms with E-state index in [2.05, 4.69) is 13.8 Å². The first-order valence-corrected chi connectivity index (χ1v) is 10.8. The van der Waals surface area contributed by atoms with Gasteiger partial charge in [-0.3, -0.25) is 14.4 Å². The average molecular weight is 421 g/mol. The Morgan fingerprint density at radius 1 is 1.07 bits per heavy atom. The van der Waals surface area contributed by atoms with E-state index in [4.69, 9.17) is 9.47 Å². The maximum Gasteiger partial charge on any atom is 0.307 e. The first-order valence-electron chi connectivity index (χ1n) is 10.8. The fourth-order valence-corrected chi connectivity index (χ4v) is 5.70. The van der Waals surface area contributed by atoms with E-state index in [9.17, 15) is 19.5 Å². The van der Waals surface area contributed by atoms with Crippen molar-refractivity contribution in [1.82, 2.24) is 0 Å². The number of hydrogen-bond acceptors (Lipinski definition) is 5. The SMILES string of the molecule is CC(=O)OCC=C(C)CC1=C(CC(=O)O)[C@]2(C)CCC[C@@](C)(COC(C)=O)[C@H]2CC1. The van der Waals surface area contributed by atoms with E-state index in [1.165, 1.54) is 19.4 Å². The molecular formula is C24H36O6. The van der Waals surface area contributed by atoms with Gasteiger partial charge in [-0.25, -0.2) is 0 Å². The molecule has 0 bridgehead atoms. The molecule has 2 rings (SSSR count). The van der Waals surface area contributed by atoms with Crippen molar-refractivity contribution in [2.75, 3.05) is 13.2 Å². The van der Waals surface area contributed by atoms with Gasteiger partial charge in [0.05, 0.1) is 13.0 Å². The van der Waals surface area contributed by atoms with E-state index in [-0.39, 0.29) is 41.7 Å². The van der Waals surface area contributed by atoms with E-state index in [1.807, 2.05) is 13.0 Å². The molecule has 2 aliphatic carbocycles. The van der Waals surface area contributed by atoms with Crippen molar-refractivity contribution < 1.29 is 29.0 Å². The summed E-state index contributed by atoms with van der Waals surface area (Å²) in [5, 5.41) is 9.66. The second kappa shape index (κ2) is 9.80. The van der Waals surface area contributed by atoms with Gasteiger partial charge < -0.3 is 14.6 Å². The van der Waals surface area contributed by atoms with Gasteiger partial charge in [0.15, 0.2) is 0 Å². The van der Waals surface area contributed by atoms with Crippen molar-refractivity contribution in [1.29, 1.82) is 0 Å². The van der Waals surface area contributed by atoms with Gasteiger partial charge in [0, 0.05) is 19.3 Å². The third-order valence-corrected chi connectivity index (χ3v) is 7.05. The van der Waals surface area contributed by atoms with Crippen molar-refractivity contribution in [2.45, 2.75) is 79.6 Å². The van der Waals surface area contributed by atoms with Crippen molar-refractivity contribution in [2.24, 2.45) is 16.7 Å². The molecule has 0 spiro atoms. The number of esters is 2. The zero-order valence-corrected chi connectivity index (χ0v) is 19.0. The zero-order valence-electron chi connectivity index (χ0n) is 19.0. The van der Waals surface area contributed by atoms with Crippen molar-refractivity contribution in [3.63, 3.8) is 0 Å². The molecule has 2 aliphatic rings. The van der Waals surface area contributed by atoms with Crippen LogP contribution in [0.25, 0.3) is 0 Å². The molecule has 0 radical (unpaired) electrons. The minimum atomic E-state index is -0.807. The Morgan fingerprint density at radius 2 is 1.73 bits per heavy atom. The number of hydrogen-bond donors (Lipinski definition) is 1. The molecule has 0 saturated heterocycles. The first kappa shape index (κ1) is 24.2. The van der Waals surface area contributed by atoms with Crippen LogP contribution in [-0.4, -0.2) is 36.2 Å². The van der Waals surface area contributed by atoms with E-state index in [0.29, 0.717) is 13.0 Å². The lowest BCUT2D eigenvalue weighted by Crippen LogP contribution is -2.49. The van der Waals surface area contributed by atoms with E-state index >= 15 is 0 Å². The fraction of sp³-hybridized carbons (Fsp3) is 0.708. The van der Waals surface area contributed by atoms with Crippen LogP contribution in [0.2, 0.25) is 0 Å². The van der Waals surface area contributed by atoms with Gasteiger partial charge >= 0.3 is 17.9 Å². The Hall–Kier alpha value is -2.11. The first-order chi connectivity index (χ1) is 14.0. The molecule has 6 heteroatoms. The van der Waals surface area contributed by atoms with Crippen LogP contribution in [0.4, 0.5) is 0 Å². The molecule has 3 atom stereocenters. The van der Waals surface area contributed by atoms with Gasteiger partial charge in [0.2, 0.25) is 0 Å². The Balaban J connectivity index is 2.34. The van der Waals surface area contributed by atoms with Crippen LogP contribution in [0.1, 0.15) is 79.6 Å². The molecule has 6 nitrogen and oxygen atoms in total. The molecule has 30 heavy (non-hydrogen) atoms. The normalized spacial score (nSPS) is 29.2. The highest BCUT2D eigenvalue weighted by molar-refractivity contribution is 5.71. The van der Waals surface area contributed by atoms with Crippen LogP contribution in [0.5, 0.6) is 0 Å². The molecule has 0 aromatic carbocycles. The van der Waals surface area contributed by atoms with Crippen LogP contribution in [0.3, 0.4) is 0 Å². The summed E-state index contributed by atoms with van der Waals surface area (Å²) in [5.74, 6) is -1.11. The summed E-state index contributed by atoms with van der Waals surface area (Å²) in [6.45, 7) is 9.83. The molecule has 0 amide bonds. The van der Waals surface area contributed by atoms with E-state index in [1.54, 1.807) is 0 Å². The number of carbonyl (C=O) groups excluding carboxylic acids is 2. The minimum absolute atomic E-state index is 0.0448. The predicted octanol–water partition coefficient (Wildman–Crippen LogP) is 4.83. The maximum atomic E-state index is 11.8. The maximum absolute atomic E-state index is 11.8. The Kier molecular flexibility index (Phi) is 7.89. The molecule has 0 unspecified atom stereocenters. The summed E-state index contributed by atoms with van der Waals surface area (Å²) in [5.41, 5.74) is 2.96. The summed E-state index contributed by atoms with van der Waals surface area (Å²) in [7, 11) is 0. The lowest BCUT2D eigenvalue weighted by molar-refractivity contribution is -0.149. The highest BCUT2D eigenvalue weighted by Crippen LogP contribution is 2.60. The topological polar surface area (TPSA) is 89.9 Å². The van der Waals surface area contributed by atoms with Gasteiger partial charge in [0.1, 0.15) is 6.61 Å². The van der Waals surface area contributed by atoms with E-state index in [0.717, 1.165) is 43.3 Å². The largest absolute Gasteiger partial charge is 0.481 e. The lowest BCUT2D eigenvalue weighted by Gasteiger charge is -2.56. The number of carboxylic acid groups (broad SMARTS) is 1. The van der Waals surface area contributed by atoms with Gasteiger partial charge in [-0.2, -0.15) is 0 Å². The van der Waals surface area contributed by atoms with Crippen LogP contribution in [-0.2, 0) is 23.9 Å². The number of aliphatic carboxylic acids is 1. The molecule has 0 aliphatic heterocycles. The van der Waals surface area contributed by atoms with Crippen molar-refractivity contribution in [3.05, 3.63) is 22.8 Å². The quantitative estimate of drug-likeness (QED) is 0.447.